The molecule has 0 fully saturated rings. The van der Waals surface area contributed by atoms with Crippen molar-refractivity contribution < 1.29 is 4.42 Å². The van der Waals surface area contributed by atoms with E-state index in [9.17, 15) is 0 Å². The monoisotopic (exact) mass is 231 g/mol. The Kier molecular flexibility index (Phi) is 3.00. The molecule has 1 aromatic heterocycles. The molecule has 0 aliphatic carbocycles. The van der Waals surface area contributed by atoms with Crippen LogP contribution in [0.25, 0.3) is 11.0 Å². The molecule has 1 heterocycles. The van der Waals surface area contributed by atoms with Crippen molar-refractivity contribution in [3.8, 4) is 0 Å². The van der Waals surface area contributed by atoms with E-state index in [0.29, 0.717) is 0 Å². The van der Waals surface area contributed by atoms with Gasteiger partial charge in [0.15, 0.2) is 0 Å². The summed E-state index contributed by atoms with van der Waals surface area (Å²) in [5.41, 5.74) is 2.33. The Morgan fingerprint density at radius 1 is 1.24 bits per heavy atom. The molecule has 0 saturated heterocycles. The maximum Gasteiger partial charge on any atom is 0.137 e. The first-order valence-electron chi connectivity index (χ1n) is 6.10. The molecule has 2 nitrogen and oxygen atoms in total. The molecule has 0 bridgehead atoms. The molecule has 1 unspecified atom stereocenters. The fourth-order valence-corrected chi connectivity index (χ4v) is 2.37. The Balaban J connectivity index is 2.52. The zero-order chi connectivity index (χ0) is 12.6. The third kappa shape index (κ3) is 2.22. The highest BCUT2D eigenvalue weighted by Gasteiger charge is 2.27. The van der Waals surface area contributed by atoms with Crippen LogP contribution in [0.5, 0.6) is 0 Å². The highest BCUT2D eigenvalue weighted by molar-refractivity contribution is 5.81. The van der Waals surface area contributed by atoms with Crippen LogP contribution in [0.4, 0.5) is 0 Å². The quantitative estimate of drug-likeness (QED) is 0.843. The van der Waals surface area contributed by atoms with Gasteiger partial charge in [-0.05, 0) is 31.0 Å². The number of fused-ring (bicyclic) bond motifs is 1. The number of furan rings is 1. The van der Waals surface area contributed by atoms with Crippen LogP contribution in [0.3, 0.4) is 0 Å². The van der Waals surface area contributed by atoms with Crippen LogP contribution >= 0.6 is 0 Å². The van der Waals surface area contributed by atoms with Crippen LogP contribution in [0, 0.1) is 12.3 Å². The molecular formula is C15H21NO. The van der Waals surface area contributed by atoms with Gasteiger partial charge in [0.1, 0.15) is 11.3 Å². The summed E-state index contributed by atoms with van der Waals surface area (Å²) in [6, 6.07) is 8.64. The summed E-state index contributed by atoms with van der Waals surface area (Å²) in [6.07, 6.45) is 0. The van der Waals surface area contributed by atoms with Gasteiger partial charge in [-0.3, -0.25) is 0 Å². The Morgan fingerprint density at radius 2 is 1.94 bits per heavy atom. The lowest BCUT2D eigenvalue weighted by atomic mass is 9.85. The Bertz CT molecular complexity index is 519. The van der Waals surface area contributed by atoms with Crippen molar-refractivity contribution in [2.75, 3.05) is 7.05 Å². The molecule has 2 aromatic rings. The van der Waals surface area contributed by atoms with Crippen LogP contribution in [-0.4, -0.2) is 7.05 Å². The molecule has 17 heavy (non-hydrogen) atoms. The van der Waals surface area contributed by atoms with E-state index in [2.05, 4.69) is 57.3 Å². The van der Waals surface area contributed by atoms with Crippen molar-refractivity contribution in [2.45, 2.75) is 33.7 Å². The molecule has 2 rings (SSSR count). The minimum Gasteiger partial charge on any atom is -0.459 e. The van der Waals surface area contributed by atoms with Gasteiger partial charge in [0.2, 0.25) is 0 Å². The van der Waals surface area contributed by atoms with E-state index in [1.54, 1.807) is 0 Å². The first kappa shape index (κ1) is 12.2. The molecule has 1 N–H and O–H groups in total. The molecule has 0 radical (unpaired) electrons. The summed E-state index contributed by atoms with van der Waals surface area (Å²) >= 11 is 0. The smallest absolute Gasteiger partial charge is 0.137 e. The van der Waals surface area contributed by atoms with Crippen molar-refractivity contribution in [3.63, 3.8) is 0 Å². The number of nitrogens with one attached hydrogen (secondary N) is 1. The number of hydrogen-bond acceptors (Lipinski definition) is 2. The number of aryl methyl sites for hydroxylation is 1. The van der Waals surface area contributed by atoms with Gasteiger partial charge in [-0.2, -0.15) is 0 Å². The van der Waals surface area contributed by atoms with Gasteiger partial charge in [0.05, 0.1) is 6.04 Å². The van der Waals surface area contributed by atoms with E-state index in [-0.39, 0.29) is 11.5 Å². The highest BCUT2D eigenvalue weighted by Crippen LogP contribution is 2.35. The normalized spacial score (nSPS) is 14.2. The number of hydrogen-bond donors (Lipinski definition) is 1. The van der Waals surface area contributed by atoms with Crippen LogP contribution in [0.2, 0.25) is 0 Å². The second-order valence-corrected chi connectivity index (χ2v) is 5.73. The molecule has 92 valence electrons. The Labute approximate surface area is 103 Å². The average molecular weight is 231 g/mol. The van der Waals surface area contributed by atoms with Crippen LogP contribution in [0.15, 0.2) is 28.7 Å². The lowest BCUT2D eigenvalue weighted by Crippen LogP contribution is -2.29. The SMILES string of the molecule is CNC(c1cc2cccc(C)c2o1)C(C)(C)C. The van der Waals surface area contributed by atoms with Crippen molar-refractivity contribution >= 4 is 11.0 Å². The largest absolute Gasteiger partial charge is 0.459 e. The number of rotatable bonds is 2. The van der Waals surface area contributed by atoms with Crippen LogP contribution in [-0.2, 0) is 0 Å². The van der Waals surface area contributed by atoms with Gasteiger partial charge in [0, 0.05) is 5.39 Å². The van der Waals surface area contributed by atoms with Gasteiger partial charge in [-0.15, -0.1) is 0 Å². The van der Waals surface area contributed by atoms with E-state index in [1.807, 2.05) is 7.05 Å². The molecule has 2 heteroatoms. The van der Waals surface area contributed by atoms with Gasteiger partial charge in [-0.25, -0.2) is 0 Å². The molecule has 0 amide bonds. The van der Waals surface area contributed by atoms with Crippen molar-refractivity contribution in [1.29, 1.82) is 0 Å². The number of benzene rings is 1. The zero-order valence-electron chi connectivity index (χ0n) is 11.3. The second-order valence-electron chi connectivity index (χ2n) is 5.73. The van der Waals surface area contributed by atoms with Gasteiger partial charge < -0.3 is 9.73 Å². The summed E-state index contributed by atoms with van der Waals surface area (Å²) in [4.78, 5) is 0. The second kappa shape index (κ2) is 4.19. The lowest BCUT2D eigenvalue weighted by molar-refractivity contribution is 0.253. The highest BCUT2D eigenvalue weighted by atomic mass is 16.3. The van der Waals surface area contributed by atoms with E-state index < -0.39 is 0 Å². The average Bonchev–Trinajstić information content (AvgIpc) is 2.61. The van der Waals surface area contributed by atoms with Gasteiger partial charge >= 0.3 is 0 Å². The van der Waals surface area contributed by atoms with Gasteiger partial charge in [-0.1, -0.05) is 39.0 Å². The molecule has 1 aromatic carbocycles. The van der Waals surface area contributed by atoms with E-state index in [0.717, 1.165) is 11.3 Å². The first-order chi connectivity index (χ1) is 7.93. The minimum atomic E-state index is 0.135. The van der Waals surface area contributed by atoms with Crippen molar-refractivity contribution in [3.05, 3.63) is 35.6 Å². The number of para-hydroxylation sites is 1. The maximum atomic E-state index is 6.02. The minimum absolute atomic E-state index is 0.135. The first-order valence-corrected chi connectivity index (χ1v) is 6.10. The maximum absolute atomic E-state index is 6.02. The fraction of sp³-hybridized carbons (Fsp3) is 0.467. The van der Waals surface area contributed by atoms with Crippen molar-refractivity contribution in [1.82, 2.24) is 5.32 Å². The summed E-state index contributed by atoms with van der Waals surface area (Å²) in [7, 11) is 1.98. The summed E-state index contributed by atoms with van der Waals surface area (Å²) in [6.45, 7) is 8.73. The van der Waals surface area contributed by atoms with Crippen molar-refractivity contribution in [2.24, 2.45) is 5.41 Å². The fourth-order valence-electron chi connectivity index (χ4n) is 2.37. The summed E-state index contributed by atoms with van der Waals surface area (Å²) < 4.78 is 6.02. The molecule has 0 aliphatic heterocycles. The third-order valence-electron chi connectivity index (χ3n) is 3.20. The van der Waals surface area contributed by atoms with Crippen LogP contribution in [0.1, 0.15) is 38.1 Å². The van der Waals surface area contributed by atoms with E-state index in [4.69, 9.17) is 4.42 Å². The van der Waals surface area contributed by atoms with E-state index in [1.165, 1.54) is 10.9 Å². The lowest BCUT2D eigenvalue weighted by Gasteiger charge is -2.28. The molecular weight excluding hydrogens is 210 g/mol. The predicted octanol–water partition coefficient (Wildman–Crippen LogP) is 4.05. The summed E-state index contributed by atoms with van der Waals surface area (Å²) in [5, 5.41) is 4.53. The molecule has 0 saturated carbocycles. The van der Waals surface area contributed by atoms with Gasteiger partial charge in [0.25, 0.3) is 0 Å². The zero-order valence-corrected chi connectivity index (χ0v) is 11.3. The standard InChI is InChI=1S/C15H21NO/c1-10-7-6-8-11-9-12(17-13(10)11)14(16-5)15(2,3)4/h6-9,14,16H,1-5H3. The molecule has 1 atom stereocenters. The molecule has 0 aliphatic rings. The van der Waals surface area contributed by atoms with Crippen LogP contribution < -0.4 is 5.32 Å². The predicted molar refractivity (Wildman–Crippen MR) is 72.2 cm³/mol. The van der Waals surface area contributed by atoms with E-state index >= 15 is 0 Å². The topological polar surface area (TPSA) is 25.2 Å². The summed E-state index contributed by atoms with van der Waals surface area (Å²) in [5.74, 6) is 1.02. The Hall–Kier alpha value is -1.28. The molecule has 0 spiro atoms. The Morgan fingerprint density at radius 3 is 2.47 bits per heavy atom. The third-order valence-corrected chi connectivity index (χ3v) is 3.20.